The molecular weight excluding hydrogens is 308 g/mol. The SMILES string of the molecule is NC(C(=O)Nc1cc(Br)ccc1O)c1ccccc1. The van der Waals surface area contributed by atoms with Gasteiger partial charge in [-0.2, -0.15) is 0 Å². The van der Waals surface area contributed by atoms with Crippen LogP contribution in [0.25, 0.3) is 0 Å². The molecule has 0 bridgehead atoms. The summed E-state index contributed by atoms with van der Waals surface area (Å²) in [5, 5.41) is 12.3. The molecule has 2 aromatic rings. The van der Waals surface area contributed by atoms with Crippen LogP contribution < -0.4 is 11.1 Å². The molecule has 0 fully saturated rings. The van der Waals surface area contributed by atoms with Crippen LogP contribution in [0.3, 0.4) is 0 Å². The number of carbonyl (C=O) groups excluding carboxylic acids is 1. The van der Waals surface area contributed by atoms with Crippen LogP contribution in [0.5, 0.6) is 5.75 Å². The maximum absolute atomic E-state index is 12.0. The number of phenols is 1. The maximum Gasteiger partial charge on any atom is 0.245 e. The molecule has 1 amide bonds. The summed E-state index contributed by atoms with van der Waals surface area (Å²) >= 11 is 3.27. The van der Waals surface area contributed by atoms with E-state index in [1.807, 2.05) is 18.2 Å². The van der Waals surface area contributed by atoms with Crippen LogP contribution in [0.2, 0.25) is 0 Å². The molecule has 5 heteroatoms. The van der Waals surface area contributed by atoms with Gasteiger partial charge in [-0.3, -0.25) is 4.79 Å². The van der Waals surface area contributed by atoms with Crippen molar-refractivity contribution in [1.82, 2.24) is 0 Å². The molecule has 0 heterocycles. The molecule has 0 aromatic heterocycles. The second-order valence-electron chi connectivity index (χ2n) is 4.04. The number of nitrogens with one attached hydrogen (secondary N) is 1. The standard InChI is InChI=1S/C14H13BrN2O2/c15-10-6-7-12(18)11(8-10)17-14(19)13(16)9-4-2-1-3-5-9/h1-8,13,18H,16H2,(H,17,19). The quantitative estimate of drug-likeness (QED) is 0.761. The van der Waals surface area contributed by atoms with E-state index >= 15 is 0 Å². The Hall–Kier alpha value is -1.85. The molecule has 0 saturated heterocycles. The van der Waals surface area contributed by atoms with Gasteiger partial charge in [-0.15, -0.1) is 0 Å². The van der Waals surface area contributed by atoms with Crippen molar-refractivity contribution in [3.63, 3.8) is 0 Å². The molecule has 0 aliphatic rings. The van der Waals surface area contributed by atoms with Gasteiger partial charge in [0.15, 0.2) is 0 Å². The molecular formula is C14H13BrN2O2. The number of aromatic hydroxyl groups is 1. The minimum Gasteiger partial charge on any atom is -0.506 e. The Bertz CT molecular complexity index is 587. The number of benzene rings is 2. The molecule has 2 rings (SSSR count). The summed E-state index contributed by atoms with van der Waals surface area (Å²) in [5.74, 6) is -0.378. The Kier molecular flexibility index (Phi) is 4.19. The van der Waals surface area contributed by atoms with Gasteiger partial charge in [0.25, 0.3) is 0 Å². The highest BCUT2D eigenvalue weighted by atomic mass is 79.9. The maximum atomic E-state index is 12.0. The van der Waals surface area contributed by atoms with Gasteiger partial charge in [0, 0.05) is 4.47 Å². The lowest BCUT2D eigenvalue weighted by molar-refractivity contribution is -0.117. The molecule has 0 saturated carbocycles. The molecule has 0 aliphatic carbocycles. The van der Waals surface area contributed by atoms with Gasteiger partial charge < -0.3 is 16.2 Å². The van der Waals surface area contributed by atoms with Crippen LogP contribution in [0.1, 0.15) is 11.6 Å². The van der Waals surface area contributed by atoms with Crippen LogP contribution in [-0.2, 0) is 4.79 Å². The fraction of sp³-hybridized carbons (Fsp3) is 0.0714. The minimum absolute atomic E-state index is 0.00295. The third-order valence-electron chi connectivity index (χ3n) is 2.66. The highest BCUT2D eigenvalue weighted by Gasteiger charge is 2.16. The monoisotopic (exact) mass is 320 g/mol. The van der Waals surface area contributed by atoms with Crippen LogP contribution >= 0.6 is 15.9 Å². The van der Waals surface area contributed by atoms with Crippen molar-refractivity contribution in [1.29, 1.82) is 0 Å². The molecule has 0 aliphatic heterocycles. The zero-order valence-corrected chi connectivity index (χ0v) is 11.6. The number of halogens is 1. The first-order valence-corrected chi connectivity index (χ1v) is 6.47. The number of rotatable bonds is 3. The van der Waals surface area contributed by atoms with Gasteiger partial charge in [-0.1, -0.05) is 46.3 Å². The van der Waals surface area contributed by atoms with Gasteiger partial charge in [0.2, 0.25) is 5.91 Å². The number of carbonyl (C=O) groups is 1. The summed E-state index contributed by atoms with van der Waals surface area (Å²) in [6.45, 7) is 0. The smallest absolute Gasteiger partial charge is 0.245 e. The summed E-state index contributed by atoms with van der Waals surface area (Å²) < 4.78 is 0.758. The van der Waals surface area contributed by atoms with Crippen molar-refractivity contribution in [2.45, 2.75) is 6.04 Å². The summed E-state index contributed by atoms with van der Waals surface area (Å²) in [4.78, 5) is 12.0. The second kappa shape index (κ2) is 5.86. The van der Waals surface area contributed by atoms with Crippen LogP contribution in [-0.4, -0.2) is 11.0 Å². The van der Waals surface area contributed by atoms with Gasteiger partial charge in [-0.05, 0) is 23.8 Å². The van der Waals surface area contributed by atoms with E-state index in [2.05, 4.69) is 21.2 Å². The van der Waals surface area contributed by atoms with E-state index in [9.17, 15) is 9.90 Å². The topological polar surface area (TPSA) is 75.4 Å². The number of phenolic OH excluding ortho intramolecular Hbond substituents is 1. The molecule has 0 spiro atoms. The Morgan fingerprint density at radius 1 is 1.21 bits per heavy atom. The molecule has 19 heavy (non-hydrogen) atoms. The molecule has 1 atom stereocenters. The van der Waals surface area contributed by atoms with Gasteiger partial charge in [-0.25, -0.2) is 0 Å². The van der Waals surface area contributed by atoms with E-state index < -0.39 is 6.04 Å². The molecule has 98 valence electrons. The van der Waals surface area contributed by atoms with E-state index in [0.717, 1.165) is 10.0 Å². The Morgan fingerprint density at radius 3 is 2.58 bits per heavy atom. The highest BCUT2D eigenvalue weighted by molar-refractivity contribution is 9.10. The predicted octanol–water partition coefficient (Wildman–Crippen LogP) is 2.79. The fourth-order valence-corrected chi connectivity index (χ4v) is 1.99. The second-order valence-corrected chi connectivity index (χ2v) is 4.95. The summed E-state index contributed by atoms with van der Waals surface area (Å²) in [7, 11) is 0. The Balaban J connectivity index is 2.15. The zero-order valence-electron chi connectivity index (χ0n) is 10.0. The van der Waals surface area contributed by atoms with Gasteiger partial charge in [0.1, 0.15) is 11.8 Å². The van der Waals surface area contributed by atoms with Crippen molar-refractivity contribution in [2.75, 3.05) is 5.32 Å². The van der Waals surface area contributed by atoms with E-state index in [1.54, 1.807) is 24.3 Å². The van der Waals surface area contributed by atoms with E-state index in [1.165, 1.54) is 6.07 Å². The molecule has 4 N–H and O–H groups in total. The van der Waals surface area contributed by atoms with Crippen molar-refractivity contribution >= 4 is 27.5 Å². The average molecular weight is 321 g/mol. The molecule has 4 nitrogen and oxygen atoms in total. The number of hydrogen-bond acceptors (Lipinski definition) is 3. The van der Waals surface area contributed by atoms with Crippen molar-refractivity contribution in [2.24, 2.45) is 5.73 Å². The largest absolute Gasteiger partial charge is 0.506 e. The van der Waals surface area contributed by atoms with E-state index in [0.29, 0.717) is 5.69 Å². The van der Waals surface area contributed by atoms with Crippen molar-refractivity contribution in [3.05, 3.63) is 58.6 Å². The van der Waals surface area contributed by atoms with Crippen LogP contribution in [0.4, 0.5) is 5.69 Å². The normalized spacial score (nSPS) is 11.9. The van der Waals surface area contributed by atoms with Crippen molar-refractivity contribution in [3.8, 4) is 5.75 Å². The van der Waals surface area contributed by atoms with E-state index in [4.69, 9.17) is 5.73 Å². The lowest BCUT2D eigenvalue weighted by Gasteiger charge is -2.13. The predicted molar refractivity (Wildman–Crippen MR) is 77.8 cm³/mol. The van der Waals surface area contributed by atoms with Crippen LogP contribution in [0.15, 0.2) is 53.0 Å². The number of anilines is 1. The molecule has 2 aromatic carbocycles. The first kappa shape index (κ1) is 13.6. The Labute approximate surface area is 119 Å². The highest BCUT2D eigenvalue weighted by Crippen LogP contribution is 2.27. The first-order chi connectivity index (χ1) is 9.08. The number of amides is 1. The Morgan fingerprint density at radius 2 is 1.89 bits per heavy atom. The lowest BCUT2D eigenvalue weighted by atomic mass is 10.1. The van der Waals surface area contributed by atoms with Crippen LogP contribution in [0, 0.1) is 0 Å². The zero-order chi connectivity index (χ0) is 13.8. The third-order valence-corrected chi connectivity index (χ3v) is 3.15. The lowest BCUT2D eigenvalue weighted by Crippen LogP contribution is -2.27. The van der Waals surface area contributed by atoms with Gasteiger partial charge in [0.05, 0.1) is 5.69 Å². The summed E-state index contributed by atoms with van der Waals surface area (Å²) in [6.07, 6.45) is 0. The summed E-state index contributed by atoms with van der Waals surface area (Å²) in [5.41, 5.74) is 6.91. The number of nitrogens with two attached hydrogens (primary N) is 1. The van der Waals surface area contributed by atoms with Gasteiger partial charge >= 0.3 is 0 Å². The summed E-state index contributed by atoms with van der Waals surface area (Å²) in [6, 6.07) is 13.1. The first-order valence-electron chi connectivity index (χ1n) is 5.68. The molecule has 1 unspecified atom stereocenters. The van der Waals surface area contributed by atoms with E-state index in [-0.39, 0.29) is 11.7 Å². The minimum atomic E-state index is -0.778. The number of hydrogen-bond donors (Lipinski definition) is 3. The molecule has 0 radical (unpaired) electrons. The third kappa shape index (κ3) is 3.33. The average Bonchev–Trinajstić information content (AvgIpc) is 2.43. The van der Waals surface area contributed by atoms with Crippen molar-refractivity contribution < 1.29 is 9.90 Å². The fourth-order valence-electron chi connectivity index (χ4n) is 1.63.